The molecule has 0 radical (unpaired) electrons. The fourth-order valence-corrected chi connectivity index (χ4v) is 2.35. The topological polar surface area (TPSA) is 78.4 Å². The highest BCUT2D eigenvalue weighted by atomic mass is 35.5. The van der Waals surface area contributed by atoms with Gasteiger partial charge in [-0.1, -0.05) is 41.7 Å². The van der Waals surface area contributed by atoms with Crippen LogP contribution in [0.2, 0.25) is 15.1 Å². The maximum atomic E-state index is 11.7. The lowest BCUT2D eigenvalue weighted by Gasteiger charge is -2.13. The Labute approximate surface area is 131 Å². The third-order valence-electron chi connectivity index (χ3n) is 2.60. The summed E-state index contributed by atoms with van der Waals surface area (Å²) in [5, 5.41) is 14.5. The van der Waals surface area contributed by atoms with E-state index in [1.807, 2.05) is 0 Å². The first-order valence-electron chi connectivity index (χ1n) is 5.77. The molecule has 1 unspecified atom stereocenters. The smallest absolute Gasteiger partial charge is 0.319 e. The van der Waals surface area contributed by atoms with Crippen molar-refractivity contribution in [2.24, 2.45) is 5.92 Å². The Bertz CT molecular complexity index is 500. The number of benzene rings is 1. The van der Waals surface area contributed by atoms with Gasteiger partial charge in [-0.05, 0) is 18.6 Å². The molecule has 0 aliphatic rings. The lowest BCUT2D eigenvalue weighted by molar-refractivity contribution is -0.141. The van der Waals surface area contributed by atoms with Gasteiger partial charge >= 0.3 is 12.0 Å². The minimum absolute atomic E-state index is 0.0144. The van der Waals surface area contributed by atoms with Gasteiger partial charge in [0.15, 0.2) is 0 Å². The second-order valence-electron chi connectivity index (χ2n) is 4.02. The number of anilines is 1. The maximum absolute atomic E-state index is 11.7. The van der Waals surface area contributed by atoms with Crippen molar-refractivity contribution >= 4 is 52.5 Å². The molecule has 0 saturated heterocycles. The molecule has 1 rings (SSSR count). The molecule has 0 saturated carbocycles. The predicted molar refractivity (Wildman–Crippen MR) is 79.9 cm³/mol. The van der Waals surface area contributed by atoms with E-state index >= 15 is 0 Å². The number of nitrogens with one attached hydrogen (secondary N) is 2. The van der Waals surface area contributed by atoms with Crippen molar-refractivity contribution in [3.8, 4) is 0 Å². The minimum Gasteiger partial charge on any atom is -0.481 e. The van der Waals surface area contributed by atoms with E-state index in [4.69, 9.17) is 39.9 Å². The van der Waals surface area contributed by atoms with Gasteiger partial charge in [0.25, 0.3) is 0 Å². The number of carbonyl (C=O) groups excluding carboxylic acids is 1. The summed E-state index contributed by atoms with van der Waals surface area (Å²) in [6, 6.07) is 2.30. The van der Waals surface area contributed by atoms with Crippen LogP contribution in [0.1, 0.15) is 13.3 Å². The fraction of sp³-hybridized carbons (Fsp3) is 0.333. The monoisotopic (exact) mass is 338 g/mol. The van der Waals surface area contributed by atoms with Gasteiger partial charge in [-0.25, -0.2) is 4.79 Å². The van der Waals surface area contributed by atoms with Crippen molar-refractivity contribution in [2.45, 2.75) is 13.3 Å². The molecular weight excluding hydrogens is 327 g/mol. The third-order valence-corrected chi connectivity index (χ3v) is 3.41. The number of halogens is 3. The zero-order chi connectivity index (χ0) is 15.3. The van der Waals surface area contributed by atoms with Gasteiger partial charge < -0.3 is 15.7 Å². The van der Waals surface area contributed by atoms with Crippen LogP contribution < -0.4 is 10.6 Å². The van der Waals surface area contributed by atoms with E-state index in [-0.39, 0.29) is 22.3 Å². The Morgan fingerprint density at radius 3 is 2.25 bits per heavy atom. The number of urea groups is 1. The zero-order valence-corrected chi connectivity index (χ0v) is 12.8. The summed E-state index contributed by atoms with van der Waals surface area (Å²) < 4.78 is 0. The van der Waals surface area contributed by atoms with E-state index in [0.717, 1.165) is 0 Å². The van der Waals surface area contributed by atoms with Crippen LogP contribution in [-0.2, 0) is 4.79 Å². The quantitative estimate of drug-likeness (QED) is 0.761. The van der Waals surface area contributed by atoms with Crippen molar-refractivity contribution in [2.75, 3.05) is 11.9 Å². The maximum Gasteiger partial charge on any atom is 0.319 e. The van der Waals surface area contributed by atoms with E-state index in [0.29, 0.717) is 11.4 Å². The second kappa shape index (κ2) is 7.57. The van der Waals surface area contributed by atoms with E-state index in [9.17, 15) is 9.59 Å². The normalized spacial score (nSPS) is 11.8. The molecule has 0 aromatic heterocycles. The van der Waals surface area contributed by atoms with Crippen LogP contribution in [-0.4, -0.2) is 23.7 Å². The van der Waals surface area contributed by atoms with Crippen LogP contribution in [0.25, 0.3) is 0 Å². The number of amides is 2. The zero-order valence-electron chi connectivity index (χ0n) is 10.5. The van der Waals surface area contributed by atoms with Crippen molar-refractivity contribution in [3.05, 3.63) is 27.2 Å². The Morgan fingerprint density at radius 2 is 1.80 bits per heavy atom. The van der Waals surface area contributed by atoms with Crippen LogP contribution in [0.5, 0.6) is 0 Å². The second-order valence-corrected chi connectivity index (χ2v) is 5.27. The van der Waals surface area contributed by atoms with Gasteiger partial charge in [-0.2, -0.15) is 0 Å². The molecule has 1 aromatic rings. The number of aliphatic carboxylic acids is 1. The molecule has 0 fully saturated rings. The summed E-state index contributed by atoms with van der Waals surface area (Å²) in [6.45, 7) is 1.74. The molecule has 0 bridgehead atoms. The first kappa shape index (κ1) is 16.9. The predicted octanol–water partition coefficient (Wildman–Crippen LogP) is 3.88. The molecule has 0 spiro atoms. The highest BCUT2D eigenvalue weighted by molar-refractivity contribution is 6.42. The Balaban J connectivity index is 2.66. The summed E-state index contributed by atoms with van der Waals surface area (Å²) >= 11 is 17.6. The summed E-state index contributed by atoms with van der Waals surface area (Å²) in [7, 11) is 0. The molecule has 0 aliphatic heterocycles. The molecule has 20 heavy (non-hydrogen) atoms. The summed E-state index contributed by atoms with van der Waals surface area (Å²) in [6.07, 6.45) is 0.415. The molecule has 1 aromatic carbocycles. The largest absolute Gasteiger partial charge is 0.481 e. The summed E-state index contributed by atoms with van der Waals surface area (Å²) in [5.74, 6) is -1.60. The third kappa shape index (κ3) is 4.74. The summed E-state index contributed by atoms with van der Waals surface area (Å²) in [4.78, 5) is 22.5. The van der Waals surface area contributed by atoms with Crippen LogP contribution in [0, 0.1) is 5.92 Å². The number of carbonyl (C=O) groups is 2. The Morgan fingerprint density at radius 1 is 1.25 bits per heavy atom. The van der Waals surface area contributed by atoms with Gasteiger partial charge in [-0.15, -0.1) is 0 Å². The SMILES string of the molecule is CCC(CNC(=O)Nc1c(Cl)cc(Cl)cc1Cl)C(=O)O. The van der Waals surface area contributed by atoms with Crippen LogP contribution in [0.4, 0.5) is 10.5 Å². The van der Waals surface area contributed by atoms with E-state index < -0.39 is 17.9 Å². The van der Waals surface area contributed by atoms with Crippen molar-refractivity contribution in [1.29, 1.82) is 0 Å². The first-order valence-corrected chi connectivity index (χ1v) is 6.90. The van der Waals surface area contributed by atoms with Gasteiger partial charge in [0.1, 0.15) is 0 Å². The molecule has 0 aliphatic carbocycles. The first-order chi connectivity index (χ1) is 9.35. The Kier molecular flexibility index (Phi) is 6.39. The lowest BCUT2D eigenvalue weighted by atomic mass is 10.1. The highest BCUT2D eigenvalue weighted by Crippen LogP contribution is 2.33. The van der Waals surface area contributed by atoms with E-state index in [1.54, 1.807) is 6.92 Å². The van der Waals surface area contributed by atoms with Gasteiger partial charge in [0.2, 0.25) is 0 Å². The molecule has 5 nitrogen and oxygen atoms in total. The van der Waals surface area contributed by atoms with Gasteiger partial charge in [0, 0.05) is 11.6 Å². The average Bonchev–Trinajstić information content (AvgIpc) is 2.34. The van der Waals surface area contributed by atoms with Crippen molar-refractivity contribution in [3.63, 3.8) is 0 Å². The number of carboxylic acids is 1. The number of hydrogen-bond donors (Lipinski definition) is 3. The highest BCUT2D eigenvalue weighted by Gasteiger charge is 2.17. The summed E-state index contributed by atoms with van der Waals surface area (Å²) in [5.41, 5.74) is 0.221. The van der Waals surface area contributed by atoms with E-state index in [1.165, 1.54) is 12.1 Å². The van der Waals surface area contributed by atoms with Gasteiger partial charge in [-0.3, -0.25) is 4.79 Å². The lowest BCUT2D eigenvalue weighted by Crippen LogP contribution is -2.35. The molecule has 8 heteroatoms. The number of hydrogen-bond acceptors (Lipinski definition) is 2. The van der Waals surface area contributed by atoms with Crippen LogP contribution in [0.3, 0.4) is 0 Å². The number of rotatable bonds is 5. The minimum atomic E-state index is -0.963. The molecule has 0 heterocycles. The molecule has 2 amide bonds. The van der Waals surface area contributed by atoms with Crippen LogP contribution in [0.15, 0.2) is 12.1 Å². The van der Waals surface area contributed by atoms with Crippen molar-refractivity contribution < 1.29 is 14.7 Å². The average molecular weight is 340 g/mol. The van der Waals surface area contributed by atoms with E-state index in [2.05, 4.69) is 10.6 Å². The Hall–Kier alpha value is -1.17. The number of carboxylic acid groups (broad SMARTS) is 1. The molecule has 1 atom stereocenters. The molecular formula is C12H13Cl3N2O3. The molecule has 110 valence electrons. The van der Waals surface area contributed by atoms with Crippen molar-refractivity contribution in [1.82, 2.24) is 5.32 Å². The standard InChI is InChI=1S/C12H13Cl3N2O3/c1-2-6(11(18)19)5-16-12(20)17-10-8(14)3-7(13)4-9(10)15/h3-4,6H,2,5H2,1H3,(H,18,19)(H2,16,17,20). The van der Waals surface area contributed by atoms with Gasteiger partial charge in [0.05, 0.1) is 21.7 Å². The molecule has 3 N–H and O–H groups in total. The van der Waals surface area contributed by atoms with Crippen LogP contribution >= 0.6 is 34.8 Å². The fourth-order valence-electron chi connectivity index (χ4n) is 1.44.